The van der Waals surface area contributed by atoms with E-state index in [4.69, 9.17) is 0 Å². The van der Waals surface area contributed by atoms with Crippen LogP contribution in [0.3, 0.4) is 0 Å². The first kappa shape index (κ1) is 16.3. The van der Waals surface area contributed by atoms with E-state index in [1.165, 1.54) is 20.3 Å². The highest BCUT2D eigenvalue weighted by Crippen LogP contribution is 2.21. The van der Waals surface area contributed by atoms with Crippen LogP contribution in [0, 0.1) is 13.8 Å². The van der Waals surface area contributed by atoms with Crippen LogP contribution in [0.4, 0.5) is 17.2 Å². The topological polar surface area (TPSA) is 74.3 Å². The van der Waals surface area contributed by atoms with E-state index in [1.54, 1.807) is 12.1 Å². The molecular weight excluding hydrogens is 300 g/mol. The van der Waals surface area contributed by atoms with E-state index < -0.39 is 10.2 Å². The zero-order valence-electron chi connectivity index (χ0n) is 13.1. The van der Waals surface area contributed by atoms with E-state index in [1.807, 2.05) is 32.0 Å². The maximum atomic E-state index is 11.7. The van der Waals surface area contributed by atoms with Crippen molar-refractivity contribution in [2.24, 2.45) is 0 Å². The number of rotatable bonds is 5. The molecule has 0 saturated heterocycles. The predicted octanol–water partition coefficient (Wildman–Crippen LogP) is 2.66. The molecule has 0 radical (unpaired) electrons. The van der Waals surface area contributed by atoms with Gasteiger partial charge < -0.3 is 5.32 Å². The first-order valence-electron chi connectivity index (χ1n) is 6.78. The Bertz CT molecular complexity index is 756. The normalized spacial score (nSPS) is 11.5. The first-order chi connectivity index (χ1) is 10.3. The number of hydrogen-bond acceptors (Lipinski definition) is 4. The molecule has 2 aromatic rings. The average molecular weight is 320 g/mol. The minimum Gasteiger partial charge on any atom is -0.340 e. The summed E-state index contributed by atoms with van der Waals surface area (Å²) in [4.78, 5) is 4.23. The molecule has 0 aliphatic rings. The molecule has 118 valence electrons. The van der Waals surface area contributed by atoms with Crippen molar-refractivity contribution < 1.29 is 8.42 Å². The molecule has 1 aromatic heterocycles. The Morgan fingerprint density at radius 2 is 1.82 bits per heavy atom. The van der Waals surface area contributed by atoms with Gasteiger partial charge in [0.2, 0.25) is 0 Å². The number of benzene rings is 1. The van der Waals surface area contributed by atoms with Gasteiger partial charge in [0, 0.05) is 19.8 Å². The van der Waals surface area contributed by atoms with E-state index in [0.29, 0.717) is 11.5 Å². The molecule has 0 saturated carbocycles. The number of aromatic nitrogens is 1. The predicted molar refractivity (Wildman–Crippen MR) is 89.7 cm³/mol. The van der Waals surface area contributed by atoms with E-state index in [0.717, 1.165) is 21.1 Å². The van der Waals surface area contributed by atoms with Crippen molar-refractivity contribution in [2.45, 2.75) is 13.8 Å². The molecule has 0 atom stereocenters. The molecular formula is C15H20N4O2S. The molecule has 1 aromatic carbocycles. The van der Waals surface area contributed by atoms with Crippen molar-refractivity contribution in [3.8, 4) is 0 Å². The number of nitrogens with zero attached hydrogens (tertiary/aromatic N) is 2. The third-order valence-corrected chi connectivity index (χ3v) is 4.60. The third kappa shape index (κ3) is 3.96. The van der Waals surface area contributed by atoms with Gasteiger partial charge in [0.1, 0.15) is 5.82 Å². The molecule has 0 unspecified atom stereocenters. The number of nitrogens with one attached hydrogen (secondary N) is 2. The summed E-state index contributed by atoms with van der Waals surface area (Å²) in [6.07, 6.45) is 1.48. The molecule has 6 nitrogen and oxygen atoms in total. The van der Waals surface area contributed by atoms with Crippen LogP contribution in [0.5, 0.6) is 0 Å². The minimum absolute atomic E-state index is 0.417. The van der Waals surface area contributed by atoms with E-state index in [-0.39, 0.29) is 0 Å². The molecule has 2 rings (SSSR count). The zero-order chi connectivity index (χ0) is 16.3. The summed E-state index contributed by atoms with van der Waals surface area (Å²) in [6.45, 7) is 4.04. The minimum atomic E-state index is -3.51. The van der Waals surface area contributed by atoms with Crippen molar-refractivity contribution in [1.82, 2.24) is 9.29 Å². The molecule has 0 amide bonds. The number of anilines is 3. The van der Waals surface area contributed by atoms with Crippen molar-refractivity contribution >= 4 is 27.4 Å². The Balaban J connectivity index is 2.14. The number of aryl methyl sites for hydroxylation is 2. The maximum absolute atomic E-state index is 11.7. The van der Waals surface area contributed by atoms with Gasteiger partial charge in [-0.3, -0.25) is 4.72 Å². The second-order valence-electron chi connectivity index (χ2n) is 5.26. The van der Waals surface area contributed by atoms with Crippen molar-refractivity contribution in [3.63, 3.8) is 0 Å². The molecule has 2 N–H and O–H groups in total. The Kier molecular flexibility index (Phi) is 4.68. The Labute approximate surface area is 131 Å². The lowest BCUT2D eigenvalue weighted by molar-refractivity contribution is 0.527. The molecule has 1 heterocycles. The van der Waals surface area contributed by atoms with Crippen molar-refractivity contribution in [3.05, 3.63) is 47.7 Å². The Morgan fingerprint density at radius 3 is 2.41 bits per heavy atom. The summed E-state index contributed by atoms with van der Waals surface area (Å²) in [5.41, 5.74) is 3.67. The third-order valence-electron chi connectivity index (χ3n) is 3.15. The average Bonchev–Trinajstić information content (AvgIpc) is 2.44. The second kappa shape index (κ2) is 6.33. The van der Waals surface area contributed by atoms with Crippen LogP contribution >= 0.6 is 0 Å². The van der Waals surface area contributed by atoms with Gasteiger partial charge >= 0.3 is 10.2 Å². The molecule has 0 fully saturated rings. The van der Waals surface area contributed by atoms with Gasteiger partial charge in [-0.2, -0.15) is 12.7 Å². The van der Waals surface area contributed by atoms with Crippen LogP contribution in [0.15, 0.2) is 36.5 Å². The fraction of sp³-hybridized carbons (Fsp3) is 0.267. The number of hydrogen-bond donors (Lipinski definition) is 2. The molecule has 0 bridgehead atoms. The van der Waals surface area contributed by atoms with Crippen LogP contribution < -0.4 is 10.0 Å². The van der Waals surface area contributed by atoms with Gasteiger partial charge in [0.05, 0.1) is 11.9 Å². The lowest BCUT2D eigenvalue weighted by atomic mass is 10.1. The highest BCUT2D eigenvalue weighted by atomic mass is 32.2. The summed E-state index contributed by atoms with van der Waals surface area (Å²) in [5.74, 6) is 0.654. The van der Waals surface area contributed by atoms with Crippen LogP contribution in [0.25, 0.3) is 0 Å². The SMILES string of the molecule is Cc1ccc(C)c(Nc2ccc(NS(=O)(=O)N(C)C)cn2)c1. The van der Waals surface area contributed by atoms with Crippen LogP contribution in [-0.4, -0.2) is 31.8 Å². The lowest BCUT2D eigenvalue weighted by Gasteiger charge is -2.14. The van der Waals surface area contributed by atoms with Gasteiger partial charge in [-0.15, -0.1) is 0 Å². The zero-order valence-corrected chi connectivity index (χ0v) is 13.9. The van der Waals surface area contributed by atoms with E-state index >= 15 is 0 Å². The summed E-state index contributed by atoms with van der Waals surface area (Å²) in [5, 5.41) is 3.23. The highest BCUT2D eigenvalue weighted by molar-refractivity contribution is 7.90. The van der Waals surface area contributed by atoms with Crippen molar-refractivity contribution in [1.29, 1.82) is 0 Å². The van der Waals surface area contributed by atoms with Gasteiger partial charge in [0.15, 0.2) is 0 Å². The Morgan fingerprint density at radius 1 is 1.09 bits per heavy atom. The highest BCUT2D eigenvalue weighted by Gasteiger charge is 2.12. The first-order valence-corrected chi connectivity index (χ1v) is 8.22. The summed E-state index contributed by atoms with van der Waals surface area (Å²) < 4.78 is 27.0. The van der Waals surface area contributed by atoms with Gasteiger partial charge in [-0.05, 0) is 43.2 Å². The van der Waals surface area contributed by atoms with Gasteiger partial charge in [-0.25, -0.2) is 4.98 Å². The summed E-state index contributed by atoms with van der Waals surface area (Å²) >= 11 is 0. The standard InChI is InChI=1S/C15H20N4O2S/c1-11-5-6-12(2)14(9-11)17-15-8-7-13(10-16-15)18-22(20,21)19(3)4/h5-10,18H,1-4H3,(H,16,17). The molecule has 22 heavy (non-hydrogen) atoms. The Hall–Kier alpha value is -2.12. The second-order valence-corrected chi connectivity index (χ2v) is 7.15. The monoisotopic (exact) mass is 320 g/mol. The summed E-state index contributed by atoms with van der Waals surface area (Å²) in [6, 6.07) is 9.53. The maximum Gasteiger partial charge on any atom is 0.301 e. The lowest BCUT2D eigenvalue weighted by Crippen LogP contribution is -2.28. The quantitative estimate of drug-likeness (QED) is 0.888. The van der Waals surface area contributed by atoms with Crippen molar-refractivity contribution in [2.75, 3.05) is 24.1 Å². The molecule has 0 spiro atoms. The summed E-state index contributed by atoms with van der Waals surface area (Å²) in [7, 11) is -0.583. The van der Waals surface area contributed by atoms with Crippen LogP contribution in [0.1, 0.15) is 11.1 Å². The molecule has 0 aliphatic carbocycles. The molecule has 0 aliphatic heterocycles. The van der Waals surface area contributed by atoms with E-state index in [2.05, 4.69) is 15.0 Å². The van der Waals surface area contributed by atoms with Gasteiger partial charge in [-0.1, -0.05) is 12.1 Å². The number of pyridine rings is 1. The largest absolute Gasteiger partial charge is 0.340 e. The van der Waals surface area contributed by atoms with Crippen LogP contribution in [-0.2, 0) is 10.2 Å². The van der Waals surface area contributed by atoms with E-state index in [9.17, 15) is 8.42 Å². The van der Waals surface area contributed by atoms with Gasteiger partial charge in [0.25, 0.3) is 0 Å². The smallest absolute Gasteiger partial charge is 0.301 e. The van der Waals surface area contributed by atoms with Crippen LogP contribution in [0.2, 0.25) is 0 Å². The fourth-order valence-electron chi connectivity index (χ4n) is 1.78. The fourth-order valence-corrected chi connectivity index (χ4v) is 2.38. The molecule has 7 heteroatoms.